The number of sulfonamides is 1. The van der Waals surface area contributed by atoms with Gasteiger partial charge in [-0.2, -0.15) is 13.2 Å². The predicted molar refractivity (Wildman–Crippen MR) is 121 cm³/mol. The predicted octanol–water partition coefficient (Wildman–Crippen LogP) is 4.37. The molecule has 1 aliphatic heterocycles. The van der Waals surface area contributed by atoms with E-state index in [4.69, 9.17) is 4.74 Å². The molecule has 0 saturated carbocycles. The summed E-state index contributed by atoms with van der Waals surface area (Å²) in [4.78, 5) is 15.8. The molecule has 186 valence electrons. The van der Waals surface area contributed by atoms with Crippen LogP contribution in [0.3, 0.4) is 0 Å². The van der Waals surface area contributed by atoms with Gasteiger partial charge in [-0.05, 0) is 40.7 Å². The number of nitrogens with zero attached hydrogens (tertiary/aromatic N) is 2. The number of hydrogen-bond donors (Lipinski definition) is 1. The fraction of sp³-hybridized carbons (Fsp3) is 0.435. The molecule has 0 radical (unpaired) electrons. The molecular formula is C23H28F3N3O4S. The van der Waals surface area contributed by atoms with Crippen LogP contribution in [0, 0.1) is 0 Å². The molecule has 0 aromatic heterocycles. The Bertz CT molecular complexity index is 1110. The highest BCUT2D eigenvalue weighted by atomic mass is 32.2. The van der Waals surface area contributed by atoms with Gasteiger partial charge >= 0.3 is 21.6 Å². The van der Waals surface area contributed by atoms with Crippen LogP contribution in [-0.2, 0) is 21.9 Å². The molecule has 0 aliphatic carbocycles. The second-order valence-corrected chi connectivity index (χ2v) is 10.8. The minimum Gasteiger partial charge on any atom is -0.497 e. The number of nitrogens with one attached hydrogen (secondary N) is 1. The van der Waals surface area contributed by atoms with Crippen molar-refractivity contribution in [1.29, 1.82) is 0 Å². The lowest BCUT2D eigenvalue weighted by atomic mass is 9.86. The molecule has 2 aromatic rings. The van der Waals surface area contributed by atoms with Crippen LogP contribution in [0.5, 0.6) is 5.75 Å². The Labute approximate surface area is 197 Å². The number of rotatable bonds is 7. The van der Waals surface area contributed by atoms with Gasteiger partial charge in [0.15, 0.2) is 0 Å². The third kappa shape index (κ3) is 5.64. The quantitative estimate of drug-likeness (QED) is 0.614. The second kappa shape index (κ2) is 9.46. The standard InChI is InChI=1S/C23H28F3N3O4S/c1-22(2,3)18-9-7-17(8-10-18)20-15-29(27-34(31,32)23(24,25)26)21(30)28(20)14-13-16-5-11-19(33-4)12-6-16/h5-12,20,27H,13-15H2,1-4H3. The smallest absolute Gasteiger partial charge is 0.497 e. The zero-order valence-corrected chi connectivity index (χ0v) is 20.2. The topological polar surface area (TPSA) is 79.0 Å². The molecule has 2 amide bonds. The average molecular weight is 500 g/mol. The van der Waals surface area contributed by atoms with Crippen LogP contribution >= 0.6 is 0 Å². The van der Waals surface area contributed by atoms with Crippen molar-refractivity contribution in [2.45, 2.75) is 44.2 Å². The van der Waals surface area contributed by atoms with Gasteiger partial charge in [0.05, 0.1) is 19.7 Å². The number of halogens is 3. The molecule has 0 bridgehead atoms. The van der Waals surface area contributed by atoms with E-state index in [-0.39, 0.29) is 18.5 Å². The van der Waals surface area contributed by atoms with Crippen molar-refractivity contribution in [2.24, 2.45) is 0 Å². The summed E-state index contributed by atoms with van der Waals surface area (Å²) in [6.07, 6.45) is 0.423. The number of carbonyl (C=O) groups is 1. The summed E-state index contributed by atoms with van der Waals surface area (Å²) in [6.45, 7) is 6.08. The lowest BCUT2D eigenvalue weighted by Crippen LogP contribution is -2.49. The minimum atomic E-state index is -5.73. The van der Waals surface area contributed by atoms with Crippen LogP contribution in [0.4, 0.5) is 18.0 Å². The summed E-state index contributed by atoms with van der Waals surface area (Å²) >= 11 is 0. The molecule has 1 unspecified atom stereocenters. The van der Waals surface area contributed by atoms with Gasteiger partial charge in [-0.1, -0.05) is 57.2 Å². The Morgan fingerprint density at radius 1 is 1.03 bits per heavy atom. The van der Waals surface area contributed by atoms with Crippen LogP contribution in [0.15, 0.2) is 48.5 Å². The van der Waals surface area contributed by atoms with Gasteiger partial charge in [0.1, 0.15) is 5.75 Å². The summed E-state index contributed by atoms with van der Waals surface area (Å²) in [5.41, 5.74) is -2.99. The molecule has 3 rings (SSSR count). The number of amides is 2. The van der Waals surface area contributed by atoms with Gasteiger partial charge in [0.2, 0.25) is 0 Å². The van der Waals surface area contributed by atoms with E-state index in [1.807, 2.05) is 36.4 Å². The van der Waals surface area contributed by atoms with Crippen LogP contribution < -0.4 is 9.57 Å². The molecule has 2 aromatic carbocycles. The van der Waals surface area contributed by atoms with Gasteiger partial charge < -0.3 is 9.64 Å². The Kier molecular flexibility index (Phi) is 7.18. The molecule has 11 heteroatoms. The second-order valence-electron chi connectivity index (χ2n) is 9.11. The first-order valence-corrected chi connectivity index (χ1v) is 12.1. The molecular weight excluding hydrogens is 471 g/mol. The normalized spacial score (nSPS) is 17.4. The average Bonchev–Trinajstić information content (AvgIpc) is 3.06. The van der Waals surface area contributed by atoms with Crippen molar-refractivity contribution in [3.05, 3.63) is 65.2 Å². The fourth-order valence-corrected chi connectivity index (χ4v) is 4.24. The summed E-state index contributed by atoms with van der Waals surface area (Å²) in [5.74, 6) is 0.672. The largest absolute Gasteiger partial charge is 0.513 e. The SMILES string of the molecule is COc1ccc(CCN2C(=O)N(NS(=O)(=O)C(F)(F)F)CC2c2ccc(C(C)(C)C)cc2)cc1. The lowest BCUT2D eigenvalue weighted by molar-refractivity contribution is -0.0463. The van der Waals surface area contributed by atoms with E-state index in [1.54, 1.807) is 19.2 Å². The maximum atomic E-state index is 13.0. The minimum absolute atomic E-state index is 0.105. The molecule has 7 nitrogen and oxygen atoms in total. The first kappa shape index (κ1) is 25.8. The number of benzene rings is 2. The molecule has 1 atom stereocenters. The number of hydrazine groups is 1. The molecule has 1 aliphatic rings. The fourth-order valence-electron chi connectivity index (χ4n) is 3.69. The van der Waals surface area contributed by atoms with E-state index in [0.717, 1.165) is 11.1 Å². The number of ether oxygens (including phenoxy) is 1. The summed E-state index contributed by atoms with van der Waals surface area (Å²) in [6, 6.07) is 13.2. The van der Waals surface area contributed by atoms with Crippen LogP contribution in [0.2, 0.25) is 0 Å². The first-order valence-electron chi connectivity index (χ1n) is 10.6. The Morgan fingerprint density at radius 3 is 2.12 bits per heavy atom. The Morgan fingerprint density at radius 2 is 1.62 bits per heavy atom. The molecule has 0 spiro atoms. The van der Waals surface area contributed by atoms with Crippen molar-refractivity contribution >= 4 is 16.1 Å². The van der Waals surface area contributed by atoms with Crippen LogP contribution in [-0.4, -0.2) is 50.1 Å². The third-order valence-corrected chi connectivity index (χ3v) is 6.78. The maximum absolute atomic E-state index is 13.0. The zero-order valence-electron chi connectivity index (χ0n) is 19.4. The van der Waals surface area contributed by atoms with Crippen molar-refractivity contribution in [3.8, 4) is 5.75 Å². The molecule has 1 fully saturated rings. The van der Waals surface area contributed by atoms with E-state index < -0.39 is 27.6 Å². The van der Waals surface area contributed by atoms with Crippen LogP contribution in [0.25, 0.3) is 0 Å². The Hall–Kier alpha value is -2.79. The van der Waals surface area contributed by atoms with E-state index in [2.05, 4.69) is 20.8 Å². The molecule has 1 N–H and O–H groups in total. The number of alkyl halides is 3. The van der Waals surface area contributed by atoms with Gasteiger partial charge in [-0.15, -0.1) is 4.83 Å². The molecule has 1 heterocycles. The van der Waals surface area contributed by atoms with Crippen molar-refractivity contribution in [1.82, 2.24) is 14.7 Å². The van der Waals surface area contributed by atoms with Gasteiger partial charge in [-0.3, -0.25) is 0 Å². The molecule has 1 saturated heterocycles. The molecule has 34 heavy (non-hydrogen) atoms. The highest BCUT2D eigenvalue weighted by Gasteiger charge is 2.50. The van der Waals surface area contributed by atoms with E-state index >= 15 is 0 Å². The van der Waals surface area contributed by atoms with E-state index in [0.29, 0.717) is 22.7 Å². The zero-order chi connectivity index (χ0) is 25.3. The summed E-state index contributed by atoms with van der Waals surface area (Å²) in [7, 11) is -4.18. The monoisotopic (exact) mass is 499 g/mol. The highest BCUT2D eigenvalue weighted by molar-refractivity contribution is 7.90. The highest BCUT2D eigenvalue weighted by Crippen LogP contribution is 2.32. The van der Waals surface area contributed by atoms with Crippen molar-refractivity contribution in [2.75, 3.05) is 20.2 Å². The maximum Gasteiger partial charge on any atom is 0.513 e. The number of urea groups is 1. The van der Waals surface area contributed by atoms with E-state index in [9.17, 15) is 26.4 Å². The number of carbonyl (C=O) groups excluding carboxylic acids is 1. The van der Waals surface area contributed by atoms with Gasteiger partial charge in [0.25, 0.3) is 0 Å². The lowest BCUT2D eigenvalue weighted by Gasteiger charge is -2.25. The first-order chi connectivity index (χ1) is 15.7. The van der Waals surface area contributed by atoms with E-state index in [1.165, 1.54) is 9.73 Å². The number of methoxy groups -OCH3 is 1. The Balaban J connectivity index is 1.87. The van der Waals surface area contributed by atoms with Crippen molar-refractivity contribution < 1.29 is 31.1 Å². The van der Waals surface area contributed by atoms with Crippen LogP contribution in [0.1, 0.15) is 43.5 Å². The summed E-state index contributed by atoms with van der Waals surface area (Å²) in [5, 5.41) is 0.513. The van der Waals surface area contributed by atoms with Crippen molar-refractivity contribution in [3.63, 3.8) is 0 Å². The summed E-state index contributed by atoms with van der Waals surface area (Å²) < 4.78 is 67.1. The number of hydrogen-bond acceptors (Lipinski definition) is 4. The van der Waals surface area contributed by atoms with Gasteiger partial charge in [-0.25, -0.2) is 18.2 Å². The third-order valence-electron chi connectivity index (χ3n) is 5.71. The van der Waals surface area contributed by atoms with Gasteiger partial charge in [0, 0.05) is 6.54 Å².